The lowest BCUT2D eigenvalue weighted by Gasteiger charge is -2.26. The Morgan fingerprint density at radius 1 is 0.957 bits per heavy atom. The Morgan fingerprint density at radius 2 is 1.74 bits per heavy atom. The highest BCUT2D eigenvalue weighted by atomic mass is 19.1. The first-order valence-electron chi connectivity index (χ1n) is 14.8. The lowest BCUT2D eigenvalue weighted by molar-refractivity contribution is 0.0357. The highest BCUT2D eigenvalue weighted by Crippen LogP contribution is 2.37. The molecule has 0 bridgehead atoms. The predicted octanol–water partition coefficient (Wildman–Crippen LogP) is 5.07. The molecule has 1 aliphatic heterocycles. The number of anilines is 1. The summed E-state index contributed by atoms with van der Waals surface area (Å²) in [6.07, 6.45) is 5.29. The number of carbonyl (C=O) groups is 1. The maximum absolute atomic E-state index is 13.3. The molecule has 3 aromatic carbocycles. The van der Waals surface area contributed by atoms with E-state index in [-0.39, 0.29) is 5.69 Å². The minimum Gasteiger partial charge on any atom is -0.493 e. The Balaban J connectivity index is 1.11. The molecule has 0 saturated carbocycles. The fraction of sp³-hybridized carbons (Fsp3) is 0.235. The third-order valence-electron chi connectivity index (χ3n) is 7.47. The zero-order valence-electron chi connectivity index (χ0n) is 25.1. The van der Waals surface area contributed by atoms with E-state index in [1.807, 2.05) is 12.1 Å². The van der Waals surface area contributed by atoms with E-state index in [1.165, 1.54) is 41.2 Å². The first kappa shape index (κ1) is 30.7. The van der Waals surface area contributed by atoms with E-state index in [0.29, 0.717) is 46.5 Å². The summed E-state index contributed by atoms with van der Waals surface area (Å²) in [5.41, 5.74) is 0.603. The maximum atomic E-state index is 13.3. The van der Waals surface area contributed by atoms with Crippen LogP contribution in [0, 0.1) is 5.82 Å². The van der Waals surface area contributed by atoms with Crippen LogP contribution < -0.4 is 25.1 Å². The number of benzene rings is 3. The average Bonchev–Trinajstić information content (AvgIpc) is 3.08. The van der Waals surface area contributed by atoms with Crippen LogP contribution >= 0.6 is 0 Å². The van der Waals surface area contributed by atoms with E-state index in [4.69, 9.17) is 18.9 Å². The van der Waals surface area contributed by atoms with Gasteiger partial charge in [-0.1, -0.05) is 0 Å². The Morgan fingerprint density at radius 3 is 2.50 bits per heavy atom. The number of ether oxygens (including phenoxy) is 4. The minimum atomic E-state index is -0.679. The van der Waals surface area contributed by atoms with E-state index in [1.54, 1.807) is 43.6 Å². The Kier molecular flexibility index (Phi) is 9.46. The zero-order chi connectivity index (χ0) is 31.9. The van der Waals surface area contributed by atoms with Gasteiger partial charge in [0.15, 0.2) is 17.2 Å². The largest absolute Gasteiger partial charge is 0.493 e. The number of amides is 1. The molecule has 236 valence electrons. The molecule has 0 unspecified atom stereocenters. The van der Waals surface area contributed by atoms with Crippen molar-refractivity contribution >= 4 is 22.5 Å². The van der Waals surface area contributed by atoms with Gasteiger partial charge in [0.25, 0.3) is 11.5 Å². The number of nitrogens with one attached hydrogen (secondary N) is 1. The van der Waals surface area contributed by atoms with Crippen molar-refractivity contribution < 1.29 is 28.1 Å². The summed E-state index contributed by atoms with van der Waals surface area (Å²) in [7, 11) is 1.59. The van der Waals surface area contributed by atoms with Gasteiger partial charge in [0, 0.05) is 61.1 Å². The predicted molar refractivity (Wildman–Crippen MR) is 170 cm³/mol. The number of carbonyl (C=O) groups excluding carboxylic acids is 1. The van der Waals surface area contributed by atoms with Crippen LogP contribution in [0.25, 0.3) is 16.6 Å². The van der Waals surface area contributed by atoms with E-state index in [9.17, 15) is 14.0 Å². The molecule has 1 saturated heterocycles. The van der Waals surface area contributed by atoms with Crippen molar-refractivity contribution in [3.05, 3.63) is 107 Å². The number of nitrogens with zero attached hydrogens (tertiary/aromatic N) is 4. The fourth-order valence-corrected chi connectivity index (χ4v) is 5.08. The molecule has 5 aromatic rings. The van der Waals surface area contributed by atoms with Crippen molar-refractivity contribution in [2.45, 2.75) is 6.42 Å². The molecule has 0 radical (unpaired) electrons. The lowest BCUT2D eigenvalue weighted by Crippen LogP contribution is -2.37. The smallest absolute Gasteiger partial charge is 0.286 e. The first-order valence-corrected chi connectivity index (χ1v) is 14.8. The van der Waals surface area contributed by atoms with E-state index in [2.05, 4.69) is 20.2 Å². The molecule has 0 aliphatic carbocycles. The number of pyridine rings is 1. The Labute approximate surface area is 264 Å². The van der Waals surface area contributed by atoms with Crippen molar-refractivity contribution in [1.29, 1.82) is 0 Å². The van der Waals surface area contributed by atoms with Crippen molar-refractivity contribution in [2.24, 2.45) is 0 Å². The third kappa shape index (κ3) is 7.14. The molecular formula is C34H32FN5O6. The minimum absolute atomic E-state index is 0.301. The average molecular weight is 626 g/mol. The molecule has 6 rings (SSSR count). The van der Waals surface area contributed by atoms with Gasteiger partial charge in [-0.05, 0) is 67.1 Å². The summed E-state index contributed by atoms with van der Waals surface area (Å²) in [4.78, 5) is 36.7. The van der Waals surface area contributed by atoms with E-state index >= 15 is 0 Å². The van der Waals surface area contributed by atoms with Gasteiger partial charge < -0.3 is 24.3 Å². The number of hydrogen-bond donors (Lipinski definition) is 1. The second kappa shape index (κ2) is 14.2. The summed E-state index contributed by atoms with van der Waals surface area (Å²) in [5.74, 6) is 1.15. The summed E-state index contributed by atoms with van der Waals surface area (Å²) in [6, 6.07) is 17.5. The molecule has 46 heavy (non-hydrogen) atoms. The zero-order valence-corrected chi connectivity index (χ0v) is 25.1. The van der Waals surface area contributed by atoms with Crippen LogP contribution in [0.1, 0.15) is 16.9 Å². The first-order chi connectivity index (χ1) is 22.5. The van der Waals surface area contributed by atoms with Gasteiger partial charge in [-0.3, -0.25) is 24.0 Å². The van der Waals surface area contributed by atoms with Crippen LogP contribution in [0.15, 0.2) is 90.1 Å². The molecule has 1 amide bonds. The van der Waals surface area contributed by atoms with Crippen LogP contribution in [-0.4, -0.2) is 71.9 Å². The Hall–Kier alpha value is -5.33. The topological polar surface area (TPSA) is 117 Å². The third-order valence-corrected chi connectivity index (χ3v) is 7.47. The molecule has 1 N–H and O–H groups in total. The van der Waals surface area contributed by atoms with Crippen molar-refractivity contribution in [2.75, 3.05) is 51.9 Å². The molecule has 1 fully saturated rings. The maximum Gasteiger partial charge on any atom is 0.286 e. The van der Waals surface area contributed by atoms with Crippen molar-refractivity contribution in [3.8, 4) is 28.7 Å². The SMILES string of the molecule is COc1cc2c(Oc3ccc(NC(=O)c4nccn(-c5ccc(F)cc5)c4=O)cc3)ccnc2cc1OCCCN1CCOCC1. The second-order valence-electron chi connectivity index (χ2n) is 10.5. The number of fused-ring (bicyclic) bond motifs is 1. The van der Waals surface area contributed by atoms with Gasteiger partial charge >= 0.3 is 0 Å². The Bertz CT molecular complexity index is 1880. The highest BCUT2D eigenvalue weighted by molar-refractivity contribution is 6.02. The number of aromatic nitrogens is 3. The van der Waals surface area contributed by atoms with Crippen LogP contribution in [0.2, 0.25) is 0 Å². The summed E-state index contributed by atoms with van der Waals surface area (Å²) < 4.78 is 37.8. The van der Waals surface area contributed by atoms with Crippen LogP contribution in [0.5, 0.6) is 23.0 Å². The summed E-state index contributed by atoms with van der Waals surface area (Å²) >= 11 is 0. The highest BCUT2D eigenvalue weighted by Gasteiger charge is 2.17. The number of methoxy groups -OCH3 is 1. The molecule has 2 aromatic heterocycles. The summed E-state index contributed by atoms with van der Waals surface area (Å²) in [6.45, 7) is 4.91. The van der Waals surface area contributed by atoms with Crippen LogP contribution in [-0.2, 0) is 4.74 Å². The monoisotopic (exact) mass is 625 g/mol. The van der Waals surface area contributed by atoms with Crippen LogP contribution in [0.4, 0.5) is 10.1 Å². The molecule has 12 heteroatoms. The fourth-order valence-electron chi connectivity index (χ4n) is 5.08. The lowest BCUT2D eigenvalue weighted by atomic mass is 10.1. The summed E-state index contributed by atoms with van der Waals surface area (Å²) in [5, 5.41) is 3.43. The molecule has 11 nitrogen and oxygen atoms in total. The van der Waals surface area contributed by atoms with E-state index < -0.39 is 17.3 Å². The van der Waals surface area contributed by atoms with Crippen LogP contribution in [0.3, 0.4) is 0 Å². The van der Waals surface area contributed by atoms with E-state index in [0.717, 1.165) is 44.7 Å². The molecule has 0 atom stereocenters. The van der Waals surface area contributed by atoms with Gasteiger partial charge in [-0.15, -0.1) is 0 Å². The van der Waals surface area contributed by atoms with Crippen molar-refractivity contribution in [3.63, 3.8) is 0 Å². The normalized spacial score (nSPS) is 13.3. The second-order valence-corrected chi connectivity index (χ2v) is 10.5. The molecule has 0 spiro atoms. The van der Waals surface area contributed by atoms with Gasteiger partial charge in [0.2, 0.25) is 0 Å². The number of morpholine rings is 1. The molecule has 3 heterocycles. The van der Waals surface area contributed by atoms with Gasteiger partial charge in [0.05, 0.1) is 32.4 Å². The molecule has 1 aliphatic rings. The standard InChI is InChI=1S/C34H32FN5O6/c1-43-30-21-27-28(22-31(30)45-18-2-14-39-16-19-44-20-17-39)36-12-11-29(27)46-26-9-5-24(6-10-26)38-33(41)32-34(42)40(15-13-37-32)25-7-3-23(35)4-8-25/h3-13,15,21-22H,2,14,16-20H2,1H3,(H,38,41). The van der Waals surface area contributed by atoms with Crippen molar-refractivity contribution in [1.82, 2.24) is 19.4 Å². The number of halogens is 1. The van der Waals surface area contributed by atoms with Gasteiger partial charge in [-0.2, -0.15) is 0 Å². The van der Waals surface area contributed by atoms with Gasteiger partial charge in [0.1, 0.15) is 17.3 Å². The quantitative estimate of drug-likeness (QED) is 0.201. The number of rotatable bonds is 11. The number of hydrogen-bond acceptors (Lipinski definition) is 9. The van der Waals surface area contributed by atoms with Gasteiger partial charge in [-0.25, -0.2) is 9.37 Å². The molecular weight excluding hydrogens is 593 g/mol.